The number of hydrogen-bond donors (Lipinski definition) is 3. The number of para-hydroxylation sites is 1. The Hall–Kier alpha value is -3.23. The van der Waals surface area contributed by atoms with E-state index in [1.54, 1.807) is 25.6 Å². The molecule has 1 amide bonds. The Kier molecular flexibility index (Phi) is 5.17. The Morgan fingerprint density at radius 1 is 1.29 bits per heavy atom. The number of halogens is 1. The molecular weight excluding hydrogens is 420 g/mol. The molecule has 0 fully saturated rings. The third-order valence-electron chi connectivity index (χ3n) is 5.46. The largest absolute Gasteiger partial charge is 0.493 e. The molecule has 1 aromatic carbocycles. The van der Waals surface area contributed by atoms with Gasteiger partial charge >= 0.3 is 0 Å². The van der Waals surface area contributed by atoms with Gasteiger partial charge in [0.2, 0.25) is 0 Å². The smallest absolute Gasteiger partial charge is 0.255 e. The molecule has 3 N–H and O–H groups in total. The molecule has 2 aliphatic heterocycles. The number of aromatic nitrogens is 2. The predicted molar refractivity (Wildman–Crippen MR) is 117 cm³/mol. The van der Waals surface area contributed by atoms with Gasteiger partial charge in [-0.15, -0.1) is 0 Å². The number of H-pyrrole nitrogens is 1. The first-order chi connectivity index (χ1) is 15.2. The van der Waals surface area contributed by atoms with E-state index in [2.05, 4.69) is 20.6 Å². The lowest BCUT2D eigenvalue weighted by atomic mass is 9.97. The summed E-state index contributed by atoms with van der Waals surface area (Å²) in [6.07, 6.45) is 3.35. The normalized spacial score (nSPS) is 17.6. The zero-order valence-corrected chi connectivity index (χ0v) is 17.6. The number of pyridine rings is 1. The van der Waals surface area contributed by atoms with Gasteiger partial charge in [-0.25, -0.2) is 0 Å². The summed E-state index contributed by atoms with van der Waals surface area (Å²) < 4.78 is 17.2. The Bertz CT molecular complexity index is 1150. The summed E-state index contributed by atoms with van der Waals surface area (Å²) >= 11 is 6.32. The molecule has 4 heterocycles. The minimum atomic E-state index is -0.161. The van der Waals surface area contributed by atoms with Crippen molar-refractivity contribution in [2.24, 2.45) is 0 Å². The van der Waals surface area contributed by atoms with Crippen LogP contribution in [0.4, 0.5) is 11.4 Å². The van der Waals surface area contributed by atoms with Gasteiger partial charge in [-0.05, 0) is 18.2 Å². The van der Waals surface area contributed by atoms with Gasteiger partial charge in [-0.1, -0.05) is 17.7 Å². The molecule has 3 aromatic rings. The maximum Gasteiger partial charge on any atom is 0.255 e. The molecule has 0 spiro atoms. The molecule has 5 rings (SSSR count). The van der Waals surface area contributed by atoms with Crippen LogP contribution in [0.5, 0.6) is 11.5 Å². The fraction of sp³-hybridized carbons (Fsp3) is 0.273. The maximum absolute atomic E-state index is 13.0. The molecule has 1 atom stereocenters. The van der Waals surface area contributed by atoms with Gasteiger partial charge in [0.05, 0.1) is 54.2 Å². The standard InChI is InChI=1S/C22H21ClN4O4/c1-29-21-14(23)3-2-4-15(21)26-20-17-18-12(9-25-22(17)28)11-30-7-8-31-16-10-24-6-5-13(16)19(20)27-18/h2-6,10,12,26-27H,7-9,11H2,1H3,(H,25,28)/t12-/m1/s1. The van der Waals surface area contributed by atoms with Crippen LogP contribution in [0, 0.1) is 0 Å². The number of benzene rings is 1. The van der Waals surface area contributed by atoms with E-state index >= 15 is 0 Å². The van der Waals surface area contributed by atoms with E-state index in [-0.39, 0.29) is 11.8 Å². The van der Waals surface area contributed by atoms with Crippen molar-refractivity contribution in [3.63, 3.8) is 0 Å². The summed E-state index contributed by atoms with van der Waals surface area (Å²) in [5.74, 6) is 0.927. The zero-order valence-electron chi connectivity index (χ0n) is 16.8. The number of nitrogens with one attached hydrogen (secondary N) is 3. The van der Waals surface area contributed by atoms with Gasteiger partial charge in [-0.2, -0.15) is 0 Å². The van der Waals surface area contributed by atoms with Crippen LogP contribution in [-0.2, 0) is 4.74 Å². The molecule has 9 heteroatoms. The van der Waals surface area contributed by atoms with Crippen LogP contribution in [-0.4, -0.2) is 49.4 Å². The van der Waals surface area contributed by atoms with Crippen LogP contribution >= 0.6 is 11.6 Å². The third-order valence-corrected chi connectivity index (χ3v) is 5.76. The highest BCUT2D eigenvalue weighted by Crippen LogP contribution is 2.44. The Morgan fingerprint density at radius 3 is 3.06 bits per heavy atom. The number of hydrogen-bond acceptors (Lipinski definition) is 6. The van der Waals surface area contributed by atoms with E-state index in [0.717, 1.165) is 17.0 Å². The summed E-state index contributed by atoms with van der Waals surface area (Å²) in [5, 5.41) is 6.83. The quantitative estimate of drug-likeness (QED) is 0.574. The Morgan fingerprint density at radius 2 is 2.19 bits per heavy atom. The highest BCUT2D eigenvalue weighted by atomic mass is 35.5. The molecule has 0 aliphatic carbocycles. The van der Waals surface area contributed by atoms with Crippen molar-refractivity contribution in [2.45, 2.75) is 5.92 Å². The Balaban J connectivity index is 1.74. The summed E-state index contributed by atoms with van der Waals surface area (Å²) in [6.45, 7) is 1.81. The number of amides is 1. The number of methoxy groups -OCH3 is 1. The SMILES string of the molecule is COc1c(Cl)cccc1Nc1c2[nH]c3c1C(=O)NC[C@@H]3COCCOc1cnccc1-2. The molecule has 2 bridgehead atoms. The molecule has 2 aromatic heterocycles. The first-order valence-corrected chi connectivity index (χ1v) is 10.3. The summed E-state index contributed by atoms with van der Waals surface area (Å²) in [4.78, 5) is 20.6. The van der Waals surface area contributed by atoms with E-state index in [1.165, 1.54) is 0 Å². The number of carbonyl (C=O) groups excluding carboxylic acids is 1. The number of nitrogens with zero attached hydrogens (tertiary/aromatic N) is 1. The molecule has 0 saturated heterocycles. The Labute approximate surface area is 183 Å². The fourth-order valence-electron chi connectivity index (χ4n) is 4.02. The third kappa shape index (κ3) is 3.47. The van der Waals surface area contributed by atoms with Crippen molar-refractivity contribution in [1.29, 1.82) is 0 Å². The van der Waals surface area contributed by atoms with Crippen molar-refractivity contribution in [2.75, 3.05) is 38.8 Å². The average Bonchev–Trinajstić information content (AvgIpc) is 3.13. The van der Waals surface area contributed by atoms with Gasteiger partial charge < -0.3 is 29.8 Å². The van der Waals surface area contributed by atoms with Crippen LogP contribution in [0.15, 0.2) is 36.7 Å². The second-order valence-corrected chi connectivity index (χ2v) is 7.72. The topological polar surface area (TPSA) is 97.5 Å². The lowest BCUT2D eigenvalue weighted by molar-refractivity contribution is 0.0810. The van der Waals surface area contributed by atoms with E-state index in [4.69, 9.17) is 25.8 Å². The van der Waals surface area contributed by atoms with Crippen molar-refractivity contribution in [3.05, 3.63) is 52.9 Å². The number of anilines is 2. The monoisotopic (exact) mass is 440 g/mol. The van der Waals surface area contributed by atoms with Gasteiger partial charge in [0, 0.05) is 29.9 Å². The van der Waals surface area contributed by atoms with Crippen LogP contribution in [0.1, 0.15) is 22.0 Å². The summed E-state index contributed by atoms with van der Waals surface area (Å²) in [5.41, 5.74) is 4.16. The number of rotatable bonds is 3. The lowest BCUT2D eigenvalue weighted by Gasteiger charge is -2.24. The van der Waals surface area contributed by atoms with Gasteiger partial charge in [0.15, 0.2) is 5.75 Å². The fourth-order valence-corrected chi connectivity index (χ4v) is 4.28. The van der Waals surface area contributed by atoms with E-state index in [1.807, 2.05) is 18.2 Å². The number of ether oxygens (including phenoxy) is 3. The van der Waals surface area contributed by atoms with E-state index in [0.29, 0.717) is 59.8 Å². The van der Waals surface area contributed by atoms with Crippen LogP contribution in [0.2, 0.25) is 5.02 Å². The molecule has 2 aliphatic rings. The molecule has 0 saturated carbocycles. The minimum absolute atomic E-state index is 0.00774. The molecule has 8 nitrogen and oxygen atoms in total. The van der Waals surface area contributed by atoms with Crippen molar-refractivity contribution >= 4 is 28.9 Å². The molecule has 0 radical (unpaired) electrons. The second kappa shape index (κ2) is 8.13. The van der Waals surface area contributed by atoms with E-state index < -0.39 is 0 Å². The summed E-state index contributed by atoms with van der Waals surface area (Å²) in [6, 6.07) is 7.28. The molecule has 160 valence electrons. The molecular formula is C22H21ClN4O4. The van der Waals surface area contributed by atoms with Gasteiger partial charge in [0.25, 0.3) is 5.91 Å². The highest BCUT2D eigenvalue weighted by Gasteiger charge is 2.34. The highest BCUT2D eigenvalue weighted by molar-refractivity contribution is 6.32. The predicted octanol–water partition coefficient (Wildman–Crippen LogP) is 3.72. The van der Waals surface area contributed by atoms with Crippen molar-refractivity contribution in [1.82, 2.24) is 15.3 Å². The van der Waals surface area contributed by atoms with Crippen LogP contribution < -0.4 is 20.1 Å². The number of aromatic amines is 1. The van der Waals surface area contributed by atoms with Crippen molar-refractivity contribution in [3.8, 4) is 22.8 Å². The zero-order chi connectivity index (χ0) is 21.4. The van der Waals surface area contributed by atoms with Gasteiger partial charge in [0.1, 0.15) is 12.4 Å². The first-order valence-electron chi connectivity index (χ1n) is 9.96. The lowest BCUT2D eigenvalue weighted by Crippen LogP contribution is -2.37. The van der Waals surface area contributed by atoms with Crippen molar-refractivity contribution < 1.29 is 19.0 Å². The van der Waals surface area contributed by atoms with Crippen LogP contribution in [0.25, 0.3) is 11.3 Å². The minimum Gasteiger partial charge on any atom is -0.493 e. The maximum atomic E-state index is 13.0. The van der Waals surface area contributed by atoms with Crippen LogP contribution in [0.3, 0.4) is 0 Å². The number of fused-ring (bicyclic) bond motifs is 3. The summed E-state index contributed by atoms with van der Waals surface area (Å²) in [7, 11) is 1.56. The first kappa shape index (κ1) is 19.7. The average molecular weight is 441 g/mol. The molecule has 31 heavy (non-hydrogen) atoms. The van der Waals surface area contributed by atoms with E-state index in [9.17, 15) is 4.79 Å². The molecule has 0 unspecified atom stereocenters. The van der Waals surface area contributed by atoms with Gasteiger partial charge in [-0.3, -0.25) is 9.78 Å². The second-order valence-electron chi connectivity index (χ2n) is 7.31. The number of carbonyl (C=O) groups is 1.